The number of para-hydroxylation sites is 1. The third kappa shape index (κ3) is 3.02. The Labute approximate surface area is 160 Å². The van der Waals surface area contributed by atoms with E-state index >= 15 is 0 Å². The Morgan fingerprint density at radius 3 is 2.96 bits per heavy atom. The minimum atomic E-state index is -0.435. The third-order valence-corrected chi connectivity index (χ3v) is 6.37. The minimum Gasteiger partial charge on any atom is -0.465 e. The Bertz CT molecular complexity index is 1090. The van der Waals surface area contributed by atoms with Crippen LogP contribution in [0.2, 0.25) is 0 Å². The van der Waals surface area contributed by atoms with Gasteiger partial charge in [-0.2, -0.15) is 0 Å². The smallest absolute Gasteiger partial charge is 0.348 e. The molecule has 1 atom stereocenters. The highest BCUT2D eigenvalue weighted by Crippen LogP contribution is 2.32. The second kappa shape index (κ2) is 6.81. The Hall–Kier alpha value is -2.67. The monoisotopic (exact) mass is 383 g/mol. The summed E-state index contributed by atoms with van der Waals surface area (Å²) < 4.78 is 4.81. The number of methoxy groups -OCH3 is 1. The summed E-state index contributed by atoms with van der Waals surface area (Å²) in [5.74, 6) is 0.170. The highest BCUT2D eigenvalue weighted by atomic mass is 32.1. The van der Waals surface area contributed by atoms with Gasteiger partial charge in [0.1, 0.15) is 15.5 Å². The number of hydrogen-bond donors (Lipinski definition) is 1. The molecule has 0 bridgehead atoms. The SMILES string of the molecule is COC(=O)c1sc2nc(CN3c4ccccc4CC[C@@H]3C)[nH]c(=O)c2c1C. The van der Waals surface area contributed by atoms with Crippen LogP contribution in [0.1, 0.15) is 40.0 Å². The van der Waals surface area contributed by atoms with Crippen molar-refractivity contribution in [2.75, 3.05) is 12.0 Å². The number of carbonyl (C=O) groups is 1. The van der Waals surface area contributed by atoms with Crippen LogP contribution < -0.4 is 10.5 Å². The van der Waals surface area contributed by atoms with Gasteiger partial charge in [-0.05, 0) is 43.9 Å². The first-order valence-corrected chi connectivity index (χ1v) is 9.76. The Morgan fingerprint density at radius 2 is 2.19 bits per heavy atom. The fourth-order valence-corrected chi connectivity index (χ4v) is 4.83. The van der Waals surface area contributed by atoms with Crippen molar-refractivity contribution in [2.45, 2.75) is 39.3 Å². The summed E-state index contributed by atoms with van der Waals surface area (Å²) in [5.41, 5.74) is 2.92. The molecule has 0 fully saturated rings. The summed E-state index contributed by atoms with van der Waals surface area (Å²) in [6.45, 7) is 4.47. The maximum absolute atomic E-state index is 12.7. The van der Waals surface area contributed by atoms with E-state index in [9.17, 15) is 9.59 Å². The summed E-state index contributed by atoms with van der Waals surface area (Å²) in [7, 11) is 1.34. The molecule has 7 heteroatoms. The molecule has 0 saturated heterocycles. The number of aryl methyl sites for hydroxylation is 2. The molecule has 0 radical (unpaired) electrons. The average Bonchev–Trinajstić information content (AvgIpc) is 3.00. The first-order valence-electron chi connectivity index (χ1n) is 8.94. The molecule has 1 aromatic carbocycles. The van der Waals surface area contributed by atoms with E-state index in [4.69, 9.17) is 4.74 Å². The number of benzene rings is 1. The summed E-state index contributed by atoms with van der Waals surface area (Å²) in [4.78, 5) is 35.4. The second-order valence-corrected chi connectivity index (χ2v) is 7.88. The molecule has 1 N–H and O–H groups in total. The van der Waals surface area contributed by atoms with E-state index in [1.165, 1.54) is 29.7 Å². The maximum atomic E-state index is 12.7. The van der Waals surface area contributed by atoms with Crippen LogP contribution in [0.4, 0.5) is 5.69 Å². The lowest BCUT2D eigenvalue weighted by Gasteiger charge is -2.36. The normalized spacial score (nSPS) is 16.4. The number of esters is 1. The van der Waals surface area contributed by atoms with Gasteiger partial charge in [0, 0.05) is 11.7 Å². The van der Waals surface area contributed by atoms with E-state index in [-0.39, 0.29) is 5.56 Å². The Kier molecular flexibility index (Phi) is 4.47. The molecule has 2 aromatic heterocycles. The summed E-state index contributed by atoms with van der Waals surface area (Å²) >= 11 is 1.21. The fraction of sp³-hybridized carbons (Fsp3) is 0.350. The lowest BCUT2D eigenvalue weighted by Crippen LogP contribution is -2.37. The van der Waals surface area contributed by atoms with Crippen LogP contribution in [0.25, 0.3) is 10.2 Å². The van der Waals surface area contributed by atoms with Crippen LogP contribution in [0, 0.1) is 6.92 Å². The standard InChI is InChI=1S/C20H21N3O3S/c1-11-8-9-13-6-4-5-7-14(13)23(11)10-15-21-18(24)16-12(2)17(20(25)26-3)27-19(16)22-15/h4-7,11H,8-10H2,1-3H3,(H,21,22,24)/t11-/m0/s1. The van der Waals surface area contributed by atoms with Gasteiger partial charge in [0.15, 0.2) is 0 Å². The molecule has 0 unspecified atom stereocenters. The van der Waals surface area contributed by atoms with Gasteiger partial charge in [0.05, 0.1) is 19.0 Å². The van der Waals surface area contributed by atoms with Crippen LogP contribution in [0.5, 0.6) is 0 Å². The lowest BCUT2D eigenvalue weighted by molar-refractivity contribution is 0.0605. The summed E-state index contributed by atoms with van der Waals surface area (Å²) in [5, 5.41) is 0.469. The van der Waals surface area contributed by atoms with Crippen LogP contribution >= 0.6 is 11.3 Å². The third-order valence-electron chi connectivity index (χ3n) is 5.21. The van der Waals surface area contributed by atoms with Gasteiger partial charge in [0.2, 0.25) is 0 Å². The number of H-pyrrole nitrogens is 1. The zero-order valence-corrected chi connectivity index (χ0v) is 16.4. The van der Waals surface area contributed by atoms with Crippen LogP contribution in [-0.4, -0.2) is 29.1 Å². The molecule has 0 amide bonds. The average molecular weight is 383 g/mol. The Balaban J connectivity index is 1.75. The molecule has 0 spiro atoms. The number of carbonyl (C=O) groups excluding carboxylic acids is 1. The molecule has 140 valence electrons. The second-order valence-electron chi connectivity index (χ2n) is 6.88. The zero-order chi connectivity index (χ0) is 19.1. The highest BCUT2D eigenvalue weighted by molar-refractivity contribution is 7.20. The van der Waals surface area contributed by atoms with Gasteiger partial charge in [0.25, 0.3) is 5.56 Å². The predicted octanol–water partition coefficient (Wildman–Crippen LogP) is 3.42. The molecule has 3 heterocycles. The van der Waals surface area contributed by atoms with Gasteiger partial charge < -0.3 is 14.6 Å². The Morgan fingerprint density at radius 1 is 1.41 bits per heavy atom. The van der Waals surface area contributed by atoms with E-state index in [0.29, 0.717) is 39.1 Å². The first kappa shape index (κ1) is 17.7. The number of fused-ring (bicyclic) bond motifs is 2. The van der Waals surface area contributed by atoms with Crippen molar-refractivity contribution in [3.8, 4) is 0 Å². The number of anilines is 1. The predicted molar refractivity (Wildman–Crippen MR) is 107 cm³/mol. The van der Waals surface area contributed by atoms with Gasteiger partial charge in [-0.15, -0.1) is 11.3 Å². The fourth-order valence-electron chi connectivity index (χ4n) is 3.71. The molecule has 6 nitrogen and oxygen atoms in total. The number of rotatable bonds is 3. The van der Waals surface area contributed by atoms with Crippen molar-refractivity contribution in [1.82, 2.24) is 9.97 Å². The van der Waals surface area contributed by atoms with E-state index < -0.39 is 5.97 Å². The topological polar surface area (TPSA) is 75.3 Å². The summed E-state index contributed by atoms with van der Waals surface area (Å²) in [6, 6.07) is 8.72. The molecular formula is C20H21N3O3S. The molecule has 1 aliphatic heterocycles. The number of nitrogens with one attached hydrogen (secondary N) is 1. The number of hydrogen-bond acceptors (Lipinski definition) is 6. The van der Waals surface area contributed by atoms with Crippen LogP contribution in [0.15, 0.2) is 29.1 Å². The van der Waals surface area contributed by atoms with E-state index in [2.05, 4.69) is 40.0 Å². The zero-order valence-electron chi connectivity index (χ0n) is 15.5. The molecular weight excluding hydrogens is 362 g/mol. The van der Waals surface area contributed by atoms with Gasteiger partial charge in [-0.1, -0.05) is 18.2 Å². The quantitative estimate of drug-likeness (QED) is 0.702. The van der Waals surface area contributed by atoms with Crippen molar-refractivity contribution in [1.29, 1.82) is 0 Å². The number of aromatic nitrogens is 2. The molecule has 0 aliphatic carbocycles. The van der Waals surface area contributed by atoms with Gasteiger partial charge in [-0.25, -0.2) is 9.78 Å². The number of thiophene rings is 1. The number of ether oxygens (including phenoxy) is 1. The maximum Gasteiger partial charge on any atom is 0.348 e. The highest BCUT2D eigenvalue weighted by Gasteiger charge is 2.25. The van der Waals surface area contributed by atoms with Crippen molar-refractivity contribution < 1.29 is 9.53 Å². The largest absolute Gasteiger partial charge is 0.465 e. The van der Waals surface area contributed by atoms with E-state index in [0.717, 1.165) is 12.8 Å². The lowest BCUT2D eigenvalue weighted by atomic mass is 9.96. The summed E-state index contributed by atoms with van der Waals surface area (Å²) in [6.07, 6.45) is 2.12. The minimum absolute atomic E-state index is 0.211. The van der Waals surface area contributed by atoms with Gasteiger partial charge in [-0.3, -0.25) is 4.79 Å². The molecule has 4 rings (SSSR count). The number of aromatic amines is 1. The van der Waals surface area contributed by atoms with Crippen molar-refractivity contribution >= 4 is 33.2 Å². The first-order chi connectivity index (χ1) is 13.0. The molecule has 27 heavy (non-hydrogen) atoms. The van der Waals surface area contributed by atoms with Crippen molar-refractivity contribution in [3.63, 3.8) is 0 Å². The van der Waals surface area contributed by atoms with Crippen molar-refractivity contribution in [2.24, 2.45) is 0 Å². The van der Waals surface area contributed by atoms with E-state index in [1.807, 2.05) is 6.07 Å². The van der Waals surface area contributed by atoms with Gasteiger partial charge >= 0.3 is 5.97 Å². The molecule has 1 aliphatic rings. The van der Waals surface area contributed by atoms with Crippen molar-refractivity contribution in [3.05, 3.63) is 56.4 Å². The van der Waals surface area contributed by atoms with E-state index in [1.54, 1.807) is 6.92 Å². The number of nitrogens with zero attached hydrogens (tertiary/aromatic N) is 2. The van der Waals surface area contributed by atoms with Crippen LogP contribution in [-0.2, 0) is 17.7 Å². The van der Waals surface area contributed by atoms with Crippen LogP contribution in [0.3, 0.4) is 0 Å². The molecule has 3 aromatic rings. The molecule has 0 saturated carbocycles.